The van der Waals surface area contributed by atoms with Crippen molar-refractivity contribution in [1.29, 1.82) is 0 Å². The molecule has 31 heavy (non-hydrogen) atoms. The van der Waals surface area contributed by atoms with Crippen LogP contribution in [0.3, 0.4) is 0 Å². The third-order valence-corrected chi connectivity index (χ3v) is 6.78. The Morgan fingerprint density at radius 3 is 2.68 bits per heavy atom. The normalized spacial score (nSPS) is 22.7. The van der Waals surface area contributed by atoms with Crippen LogP contribution in [-0.2, 0) is 17.9 Å². The number of carbonyl (C=O) groups excluding carboxylic acids is 2. The van der Waals surface area contributed by atoms with Gasteiger partial charge in [0, 0.05) is 43.4 Å². The van der Waals surface area contributed by atoms with Gasteiger partial charge in [0.2, 0.25) is 5.91 Å². The fraction of sp³-hybridized carbons (Fsp3) is 0.409. The van der Waals surface area contributed by atoms with Crippen molar-refractivity contribution < 1.29 is 14.8 Å². The lowest BCUT2D eigenvalue weighted by Gasteiger charge is -2.44. The molecule has 3 atom stereocenters. The van der Waals surface area contributed by atoms with Gasteiger partial charge in [0.05, 0.1) is 0 Å². The molecule has 3 aliphatic rings. The molecule has 162 valence electrons. The molecule has 1 aromatic heterocycles. The standard InChI is InChI=1S/C22H23N4O5/c1-13(24-12-15-4-2-3-5-17(15)21(24)28)20(27)23-9-14-8-16(11-23)18-6-7-19(26(30)31)22(29)25(18)10-14/h2-7,13-14,16,30H,8-12H2,1H3/q-1. The predicted molar refractivity (Wildman–Crippen MR) is 112 cm³/mol. The van der Waals surface area contributed by atoms with Crippen molar-refractivity contribution in [2.45, 2.75) is 38.4 Å². The molecule has 1 aromatic carbocycles. The number of hydrogen-bond donors (Lipinski definition) is 1. The number of pyridine rings is 1. The topological polar surface area (TPSA) is 109 Å². The Morgan fingerprint density at radius 2 is 1.94 bits per heavy atom. The molecule has 2 aromatic rings. The number of fused-ring (bicyclic) bond motifs is 5. The van der Waals surface area contributed by atoms with Gasteiger partial charge in [-0.05, 0) is 43.0 Å². The summed E-state index contributed by atoms with van der Waals surface area (Å²) < 4.78 is 1.54. The maximum Gasteiger partial charge on any atom is 0.275 e. The van der Waals surface area contributed by atoms with Crippen molar-refractivity contribution in [2.24, 2.45) is 5.92 Å². The number of likely N-dealkylation sites (tertiary alicyclic amines) is 1. The van der Waals surface area contributed by atoms with E-state index in [1.807, 2.05) is 18.2 Å². The second-order valence-corrected chi connectivity index (χ2v) is 8.64. The van der Waals surface area contributed by atoms with E-state index in [4.69, 9.17) is 5.21 Å². The van der Waals surface area contributed by atoms with E-state index in [9.17, 15) is 19.6 Å². The minimum absolute atomic E-state index is 0.0318. The summed E-state index contributed by atoms with van der Waals surface area (Å²) in [5, 5.41) is 20.0. The van der Waals surface area contributed by atoms with Crippen LogP contribution in [0.4, 0.5) is 5.69 Å². The molecular formula is C22H23N4O5-. The first-order chi connectivity index (χ1) is 14.8. The highest BCUT2D eigenvalue weighted by atomic mass is 16.8. The summed E-state index contributed by atoms with van der Waals surface area (Å²) in [5.74, 6) is -0.176. The zero-order valence-electron chi connectivity index (χ0n) is 17.1. The zero-order valence-corrected chi connectivity index (χ0v) is 17.1. The highest BCUT2D eigenvalue weighted by Crippen LogP contribution is 2.36. The van der Waals surface area contributed by atoms with Crippen LogP contribution in [0.15, 0.2) is 41.2 Å². The fourth-order valence-corrected chi connectivity index (χ4v) is 5.25. The number of benzene rings is 1. The number of amides is 2. The molecule has 1 saturated heterocycles. The Balaban J connectivity index is 1.36. The van der Waals surface area contributed by atoms with Crippen molar-refractivity contribution in [1.82, 2.24) is 14.4 Å². The summed E-state index contributed by atoms with van der Waals surface area (Å²) in [4.78, 5) is 42.1. The maximum atomic E-state index is 13.3. The third kappa shape index (κ3) is 3.12. The highest BCUT2D eigenvalue weighted by molar-refractivity contribution is 6.01. The van der Waals surface area contributed by atoms with Gasteiger partial charge in [0.1, 0.15) is 11.7 Å². The summed E-state index contributed by atoms with van der Waals surface area (Å²) in [6, 6.07) is 9.84. The second-order valence-electron chi connectivity index (χ2n) is 8.64. The lowest BCUT2D eigenvalue weighted by atomic mass is 9.83. The van der Waals surface area contributed by atoms with E-state index in [-0.39, 0.29) is 29.3 Å². The van der Waals surface area contributed by atoms with Crippen LogP contribution in [0.5, 0.6) is 0 Å². The molecule has 2 amide bonds. The van der Waals surface area contributed by atoms with E-state index in [0.717, 1.165) is 17.7 Å². The van der Waals surface area contributed by atoms with Gasteiger partial charge in [-0.1, -0.05) is 18.2 Å². The lowest BCUT2D eigenvalue weighted by molar-refractivity contribution is -0.138. The summed E-state index contributed by atoms with van der Waals surface area (Å²) in [7, 11) is 0. The van der Waals surface area contributed by atoms with Crippen molar-refractivity contribution in [3.63, 3.8) is 0 Å². The van der Waals surface area contributed by atoms with Crippen LogP contribution in [-0.4, -0.2) is 50.5 Å². The van der Waals surface area contributed by atoms with E-state index in [0.29, 0.717) is 31.7 Å². The van der Waals surface area contributed by atoms with Gasteiger partial charge >= 0.3 is 0 Å². The molecule has 9 nitrogen and oxygen atoms in total. The number of piperidine rings is 1. The van der Waals surface area contributed by atoms with Crippen LogP contribution in [0.2, 0.25) is 0 Å². The van der Waals surface area contributed by atoms with Crippen LogP contribution in [0.1, 0.15) is 40.9 Å². The molecule has 0 saturated carbocycles. The number of nitrogens with zero attached hydrogens (tertiary/aromatic N) is 4. The van der Waals surface area contributed by atoms with Gasteiger partial charge < -0.3 is 24.8 Å². The predicted octanol–water partition coefficient (Wildman–Crippen LogP) is 1.53. The van der Waals surface area contributed by atoms with Gasteiger partial charge in [-0.3, -0.25) is 19.6 Å². The van der Waals surface area contributed by atoms with Crippen LogP contribution >= 0.6 is 0 Å². The molecule has 9 heteroatoms. The first-order valence-corrected chi connectivity index (χ1v) is 10.4. The lowest BCUT2D eigenvalue weighted by Crippen LogP contribution is -2.54. The monoisotopic (exact) mass is 423 g/mol. The molecule has 4 heterocycles. The molecule has 0 spiro atoms. The molecule has 3 unspecified atom stereocenters. The number of carbonyl (C=O) groups is 2. The third-order valence-electron chi connectivity index (χ3n) is 6.78. The SMILES string of the molecule is CC(C(=O)N1CC2CC(C1)c1ccc(N([O-])O)c(=O)n1C2)N1Cc2ccccc2C1=O. The summed E-state index contributed by atoms with van der Waals surface area (Å²) in [6.45, 7) is 3.53. The Labute approximate surface area is 178 Å². The van der Waals surface area contributed by atoms with Crippen molar-refractivity contribution in [2.75, 3.05) is 18.3 Å². The number of aromatic nitrogens is 1. The van der Waals surface area contributed by atoms with Crippen LogP contribution in [0, 0.1) is 11.1 Å². The van der Waals surface area contributed by atoms with Crippen molar-refractivity contribution in [3.8, 4) is 0 Å². The number of rotatable bonds is 3. The van der Waals surface area contributed by atoms with Gasteiger partial charge in [-0.25, -0.2) is 0 Å². The van der Waals surface area contributed by atoms with E-state index in [1.54, 1.807) is 33.4 Å². The maximum absolute atomic E-state index is 13.3. The van der Waals surface area contributed by atoms with Crippen molar-refractivity contribution in [3.05, 3.63) is 68.8 Å². The molecule has 0 aliphatic carbocycles. The molecule has 5 rings (SSSR count). The van der Waals surface area contributed by atoms with Gasteiger partial charge in [0.15, 0.2) is 0 Å². The molecule has 3 aliphatic heterocycles. The van der Waals surface area contributed by atoms with Crippen molar-refractivity contribution >= 4 is 17.5 Å². The average molecular weight is 423 g/mol. The minimum atomic E-state index is -0.577. The first kappa shape index (κ1) is 19.8. The van der Waals surface area contributed by atoms with Gasteiger partial charge in [0.25, 0.3) is 11.5 Å². The van der Waals surface area contributed by atoms with Crippen LogP contribution < -0.4 is 10.8 Å². The largest absolute Gasteiger partial charge is 0.733 e. The van der Waals surface area contributed by atoms with Gasteiger partial charge in [-0.2, -0.15) is 0 Å². The fourth-order valence-electron chi connectivity index (χ4n) is 5.25. The summed E-state index contributed by atoms with van der Waals surface area (Å²) >= 11 is 0. The van der Waals surface area contributed by atoms with E-state index in [2.05, 4.69) is 0 Å². The van der Waals surface area contributed by atoms with E-state index >= 15 is 0 Å². The Morgan fingerprint density at radius 1 is 1.16 bits per heavy atom. The second kappa shape index (κ2) is 7.21. The summed E-state index contributed by atoms with van der Waals surface area (Å²) in [6.07, 6.45) is 0.852. The molecular weight excluding hydrogens is 400 g/mol. The zero-order chi connectivity index (χ0) is 21.9. The number of hydrogen-bond acceptors (Lipinski definition) is 6. The minimum Gasteiger partial charge on any atom is -0.733 e. The Hall–Kier alpha value is -3.17. The molecule has 1 N–H and O–H groups in total. The average Bonchev–Trinajstić information content (AvgIpc) is 3.10. The quantitative estimate of drug-likeness (QED) is 0.750. The Kier molecular flexibility index (Phi) is 4.60. The smallest absolute Gasteiger partial charge is 0.275 e. The highest BCUT2D eigenvalue weighted by Gasteiger charge is 2.40. The summed E-state index contributed by atoms with van der Waals surface area (Å²) in [5.41, 5.74) is 1.53. The molecule has 2 bridgehead atoms. The van der Waals surface area contributed by atoms with Gasteiger partial charge in [-0.15, -0.1) is 0 Å². The molecule has 0 radical (unpaired) electrons. The van der Waals surface area contributed by atoms with E-state index < -0.39 is 16.8 Å². The van der Waals surface area contributed by atoms with E-state index in [1.165, 1.54) is 6.07 Å². The first-order valence-electron chi connectivity index (χ1n) is 10.4. The molecule has 1 fully saturated rings. The number of anilines is 1. The Bertz CT molecular complexity index is 1130. The van der Waals surface area contributed by atoms with Crippen LogP contribution in [0.25, 0.3) is 0 Å².